The van der Waals surface area contributed by atoms with Crippen LogP contribution in [-0.4, -0.2) is 36.4 Å². The average Bonchev–Trinajstić information content (AvgIpc) is 3.30. The van der Waals surface area contributed by atoms with E-state index in [1.807, 2.05) is 12.1 Å². The van der Waals surface area contributed by atoms with Gasteiger partial charge in [0.2, 0.25) is 0 Å². The summed E-state index contributed by atoms with van der Waals surface area (Å²) in [7, 11) is 1.62. The Morgan fingerprint density at radius 3 is 3.00 bits per heavy atom. The van der Waals surface area contributed by atoms with Crippen LogP contribution >= 0.6 is 35.2 Å². The number of thiocarbonyl (C=S) groups is 1. The summed E-state index contributed by atoms with van der Waals surface area (Å²) < 4.78 is 11.0. The zero-order chi connectivity index (χ0) is 17.6. The Kier molecular flexibility index (Phi) is 6.53. The molecule has 0 aliphatic carbocycles. The van der Waals surface area contributed by atoms with Crippen LogP contribution in [0.2, 0.25) is 5.02 Å². The summed E-state index contributed by atoms with van der Waals surface area (Å²) in [6.45, 7) is 2.37. The lowest BCUT2D eigenvalue weighted by molar-refractivity contribution is 0.0907. The highest BCUT2D eigenvalue weighted by Gasteiger charge is 2.22. The molecule has 134 valence electrons. The third-order valence-electron chi connectivity index (χ3n) is 4.08. The standard InChI is InChI=1S/C18H21ClN2O2S2/c1-22-13-6-7-17(16(19)10-13)20-18(24)21(11-14-4-2-8-23-14)12-15-5-3-9-25-15/h3,5-7,9-10,14H,2,4,8,11-12H2,1H3,(H,20,24)/t14-/m0/s1. The van der Waals surface area contributed by atoms with Crippen molar-refractivity contribution in [1.82, 2.24) is 4.90 Å². The van der Waals surface area contributed by atoms with E-state index >= 15 is 0 Å². The van der Waals surface area contributed by atoms with E-state index in [9.17, 15) is 0 Å². The lowest BCUT2D eigenvalue weighted by Gasteiger charge is -2.28. The summed E-state index contributed by atoms with van der Waals surface area (Å²) in [6.07, 6.45) is 2.42. The second kappa shape index (κ2) is 8.85. The number of nitrogens with one attached hydrogen (secondary N) is 1. The molecule has 7 heteroatoms. The van der Waals surface area contributed by atoms with Crippen molar-refractivity contribution in [2.24, 2.45) is 0 Å². The molecule has 0 saturated carbocycles. The minimum Gasteiger partial charge on any atom is -0.497 e. The van der Waals surface area contributed by atoms with E-state index < -0.39 is 0 Å². The number of ether oxygens (including phenoxy) is 2. The van der Waals surface area contributed by atoms with E-state index in [-0.39, 0.29) is 6.10 Å². The van der Waals surface area contributed by atoms with E-state index in [0.717, 1.165) is 44.0 Å². The van der Waals surface area contributed by atoms with Crippen molar-refractivity contribution < 1.29 is 9.47 Å². The molecule has 1 aromatic heterocycles. The zero-order valence-electron chi connectivity index (χ0n) is 14.0. The fraction of sp³-hybridized carbons (Fsp3) is 0.389. The molecule has 0 radical (unpaired) electrons. The van der Waals surface area contributed by atoms with Gasteiger partial charge >= 0.3 is 0 Å². The van der Waals surface area contributed by atoms with Crippen LogP contribution in [0.5, 0.6) is 5.75 Å². The Balaban J connectivity index is 1.71. The van der Waals surface area contributed by atoms with Crippen LogP contribution in [0.25, 0.3) is 0 Å². The van der Waals surface area contributed by atoms with E-state index in [2.05, 4.69) is 27.7 Å². The maximum atomic E-state index is 6.33. The van der Waals surface area contributed by atoms with E-state index in [0.29, 0.717) is 10.1 Å². The molecule has 0 bridgehead atoms. The fourth-order valence-electron chi connectivity index (χ4n) is 2.76. The van der Waals surface area contributed by atoms with Crippen LogP contribution in [0, 0.1) is 0 Å². The van der Waals surface area contributed by atoms with Crippen LogP contribution in [0.4, 0.5) is 5.69 Å². The number of halogens is 1. The van der Waals surface area contributed by atoms with Crippen LogP contribution < -0.4 is 10.1 Å². The predicted octanol–water partition coefficient (Wildman–Crippen LogP) is 4.79. The molecule has 1 fully saturated rings. The number of hydrogen-bond donors (Lipinski definition) is 1. The van der Waals surface area contributed by atoms with Crippen molar-refractivity contribution in [3.05, 3.63) is 45.6 Å². The maximum Gasteiger partial charge on any atom is 0.173 e. The number of thiophene rings is 1. The predicted molar refractivity (Wildman–Crippen MR) is 108 cm³/mol. The number of nitrogens with zero attached hydrogens (tertiary/aromatic N) is 1. The molecular weight excluding hydrogens is 376 g/mol. The van der Waals surface area contributed by atoms with Crippen LogP contribution in [0.1, 0.15) is 17.7 Å². The van der Waals surface area contributed by atoms with Crippen LogP contribution in [0.15, 0.2) is 35.7 Å². The maximum absolute atomic E-state index is 6.33. The number of hydrogen-bond acceptors (Lipinski definition) is 4. The molecule has 0 spiro atoms. The van der Waals surface area contributed by atoms with Gasteiger partial charge in [-0.3, -0.25) is 0 Å². The SMILES string of the molecule is COc1ccc(NC(=S)N(Cc2cccs2)C[C@@H]2CCCO2)c(Cl)c1. The first-order valence-electron chi connectivity index (χ1n) is 8.19. The van der Waals surface area contributed by atoms with Crippen molar-refractivity contribution in [3.63, 3.8) is 0 Å². The van der Waals surface area contributed by atoms with Gasteiger partial charge in [0.25, 0.3) is 0 Å². The summed E-state index contributed by atoms with van der Waals surface area (Å²) in [5.74, 6) is 0.719. The molecule has 3 rings (SSSR count). The Hall–Kier alpha value is -1.34. The third-order valence-corrected chi connectivity index (χ3v) is 5.61. The molecule has 1 aromatic carbocycles. The van der Waals surface area contributed by atoms with Crippen molar-refractivity contribution >= 4 is 46.0 Å². The molecule has 2 heterocycles. The fourth-order valence-corrected chi connectivity index (χ4v) is 3.95. The highest BCUT2D eigenvalue weighted by molar-refractivity contribution is 7.80. The molecule has 1 atom stereocenters. The monoisotopic (exact) mass is 396 g/mol. The largest absolute Gasteiger partial charge is 0.497 e. The lowest BCUT2D eigenvalue weighted by atomic mass is 10.2. The molecule has 25 heavy (non-hydrogen) atoms. The minimum absolute atomic E-state index is 0.228. The Labute approximate surface area is 162 Å². The first-order valence-corrected chi connectivity index (χ1v) is 9.86. The van der Waals surface area contributed by atoms with Gasteiger partial charge < -0.3 is 19.7 Å². The Bertz CT molecular complexity index is 703. The summed E-state index contributed by atoms with van der Waals surface area (Å²) in [4.78, 5) is 3.42. The molecule has 1 aliphatic heterocycles. The number of benzene rings is 1. The van der Waals surface area contributed by atoms with Gasteiger partial charge in [0.15, 0.2) is 5.11 Å². The second-order valence-electron chi connectivity index (χ2n) is 5.87. The van der Waals surface area contributed by atoms with Gasteiger partial charge in [-0.15, -0.1) is 11.3 Å². The molecule has 1 aliphatic rings. The molecule has 0 unspecified atom stereocenters. The average molecular weight is 397 g/mol. The topological polar surface area (TPSA) is 33.7 Å². The van der Waals surface area contributed by atoms with Gasteiger partial charge in [-0.25, -0.2) is 0 Å². The van der Waals surface area contributed by atoms with Gasteiger partial charge in [-0.2, -0.15) is 0 Å². The number of methoxy groups -OCH3 is 1. The van der Waals surface area contributed by atoms with Crippen molar-refractivity contribution in [2.75, 3.05) is 25.6 Å². The summed E-state index contributed by atoms with van der Waals surface area (Å²) >= 11 is 13.7. The van der Waals surface area contributed by atoms with Crippen LogP contribution in [0.3, 0.4) is 0 Å². The van der Waals surface area contributed by atoms with E-state index in [1.54, 1.807) is 24.5 Å². The summed E-state index contributed by atoms with van der Waals surface area (Å²) in [6, 6.07) is 9.69. The molecule has 1 N–H and O–H groups in total. The van der Waals surface area contributed by atoms with Gasteiger partial charge in [-0.05, 0) is 48.6 Å². The third kappa shape index (κ3) is 5.07. The normalized spacial score (nSPS) is 16.6. The molecular formula is C18H21ClN2O2S2. The summed E-state index contributed by atoms with van der Waals surface area (Å²) in [5.41, 5.74) is 0.774. The van der Waals surface area contributed by atoms with Crippen molar-refractivity contribution in [1.29, 1.82) is 0 Å². The van der Waals surface area contributed by atoms with Crippen LogP contribution in [-0.2, 0) is 11.3 Å². The minimum atomic E-state index is 0.228. The smallest absolute Gasteiger partial charge is 0.173 e. The highest BCUT2D eigenvalue weighted by atomic mass is 35.5. The Morgan fingerprint density at radius 2 is 2.36 bits per heavy atom. The lowest BCUT2D eigenvalue weighted by Crippen LogP contribution is -2.39. The first kappa shape index (κ1) is 18.5. The van der Waals surface area contributed by atoms with Crippen molar-refractivity contribution in [2.45, 2.75) is 25.5 Å². The zero-order valence-corrected chi connectivity index (χ0v) is 16.4. The quantitative estimate of drug-likeness (QED) is 0.710. The molecule has 2 aromatic rings. The van der Waals surface area contributed by atoms with Gasteiger partial charge in [-0.1, -0.05) is 17.7 Å². The number of anilines is 1. The number of rotatable bonds is 6. The second-order valence-corrected chi connectivity index (χ2v) is 7.70. The van der Waals surface area contributed by atoms with E-state index in [4.69, 9.17) is 33.3 Å². The van der Waals surface area contributed by atoms with Gasteiger partial charge in [0.1, 0.15) is 5.75 Å². The van der Waals surface area contributed by atoms with Gasteiger partial charge in [0, 0.05) is 24.1 Å². The van der Waals surface area contributed by atoms with Crippen molar-refractivity contribution in [3.8, 4) is 5.75 Å². The molecule has 0 amide bonds. The highest BCUT2D eigenvalue weighted by Crippen LogP contribution is 2.27. The molecule has 1 saturated heterocycles. The summed E-state index contributed by atoms with van der Waals surface area (Å²) in [5, 5.41) is 6.57. The van der Waals surface area contributed by atoms with E-state index in [1.165, 1.54) is 4.88 Å². The first-order chi connectivity index (χ1) is 12.2. The Morgan fingerprint density at radius 1 is 1.48 bits per heavy atom. The molecule has 4 nitrogen and oxygen atoms in total. The van der Waals surface area contributed by atoms with Gasteiger partial charge in [0.05, 0.1) is 30.5 Å².